The fourth-order valence-corrected chi connectivity index (χ4v) is 3.78. The summed E-state index contributed by atoms with van der Waals surface area (Å²) in [6.45, 7) is 1.58. The molecule has 0 unspecified atom stereocenters. The van der Waals surface area contributed by atoms with Gasteiger partial charge in [0.25, 0.3) is 0 Å². The third-order valence-electron chi connectivity index (χ3n) is 5.58. The normalized spacial score (nSPS) is 12.4. The van der Waals surface area contributed by atoms with E-state index >= 15 is 0 Å². The van der Waals surface area contributed by atoms with Crippen molar-refractivity contribution in [3.05, 3.63) is 71.9 Å². The van der Waals surface area contributed by atoms with Crippen molar-refractivity contribution >= 4 is 40.6 Å². The highest BCUT2D eigenvalue weighted by molar-refractivity contribution is 6.26. The van der Waals surface area contributed by atoms with E-state index in [1.54, 1.807) is 6.20 Å². The molecule has 1 heterocycles. The Morgan fingerprint density at radius 3 is 2.37 bits per heavy atom. The zero-order valence-corrected chi connectivity index (χ0v) is 19.5. The Bertz CT molecular complexity index is 1200. The molecule has 2 aromatic carbocycles. The zero-order valence-electron chi connectivity index (χ0n) is 19.5. The summed E-state index contributed by atoms with van der Waals surface area (Å²) >= 11 is 0. The van der Waals surface area contributed by atoms with Gasteiger partial charge in [0.1, 0.15) is 12.1 Å². The maximum atomic E-state index is 13.2. The first-order valence-corrected chi connectivity index (χ1v) is 11.3. The number of H-pyrrole nitrogens is 1. The van der Waals surface area contributed by atoms with Crippen molar-refractivity contribution in [2.45, 2.75) is 44.8 Å². The van der Waals surface area contributed by atoms with Crippen molar-refractivity contribution in [2.24, 2.45) is 0 Å². The number of Topliss-reactive ketones (excluding diaryl/α,β-unsaturated/α-hetero) is 1. The predicted octanol–water partition coefficient (Wildman–Crippen LogP) is 2.02. The van der Waals surface area contributed by atoms with E-state index in [2.05, 4.69) is 20.9 Å². The Morgan fingerprint density at radius 1 is 0.943 bits per heavy atom. The monoisotopic (exact) mass is 475 g/mol. The van der Waals surface area contributed by atoms with Gasteiger partial charge in [-0.2, -0.15) is 0 Å². The second-order valence-corrected chi connectivity index (χ2v) is 8.23. The van der Waals surface area contributed by atoms with E-state index in [4.69, 9.17) is 5.41 Å². The molecule has 0 aliphatic carbocycles. The van der Waals surface area contributed by atoms with Crippen LogP contribution in [0.3, 0.4) is 0 Å². The van der Waals surface area contributed by atoms with E-state index in [1.165, 1.54) is 6.92 Å². The fraction of sp³-hybridized carbons (Fsp3) is 0.269. The molecule has 0 bridgehead atoms. The largest absolute Gasteiger partial charge is 0.361 e. The fourth-order valence-electron chi connectivity index (χ4n) is 3.78. The summed E-state index contributed by atoms with van der Waals surface area (Å²) in [7, 11) is 0. The van der Waals surface area contributed by atoms with Gasteiger partial charge in [0.2, 0.25) is 17.7 Å². The number of amides is 3. The molecule has 0 fully saturated rings. The van der Waals surface area contributed by atoms with Gasteiger partial charge in [0.05, 0.1) is 6.21 Å². The third-order valence-corrected chi connectivity index (χ3v) is 5.58. The lowest BCUT2D eigenvalue weighted by Gasteiger charge is -2.23. The highest BCUT2D eigenvalue weighted by Crippen LogP contribution is 2.19. The molecule has 5 N–H and O–H groups in total. The van der Waals surface area contributed by atoms with E-state index in [0.717, 1.165) is 22.0 Å². The van der Waals surface area contributed by atoms with Gasteiger partial charge < -0.3 is 26.3 Å². The summed E-state index contributed by atoms with van der Waals surface area (Å²) in [6, 6.07) is 15.0. The molecule has 0 saturated heterocycles. The lowest BCUT2D eigenvalue weighted by molar-refractivity contribution is -0.132. The Kier molecular flexibility index (Phi) is 8.89. The van der Waals surface area contributed by atoms with Crippen molar-refractivity contribution in [2.75, 3.05) is 0 Å². The Balaban J connectivity index is 1.74. The minimum absolute atomic E-state index is 0.0282. The molecule has 9 nitrogen and oxygen atoms in total. The van der Waals surface area contributed by atoms with Crippen molar-refractivity contribution < 1.29 is 19.2 Å². The summed E-state index contributed by atoms with van der Waals surface area (Å²) in [5.41, 5.74) is 2.64. The highest BCUT2D eigenvalue weighted by Gasteiger charge is 2.27. The SMILES string of the molecule is CC(=O)N[C@@H](Cc1c[nH]c2ccccc12)C(=O)N[C@@H](CCC(=O)C=N)C(=O)NCc1ccccc1. The molecule has 0 spiro atoms. The molecule has 3 aromatic rings. The number of rotatable bonds is 12. The van der Waals surface area contributed by atoms with E-state index < -0.39 is 29.7 Å². The molecule has 182 valence electrons. The highest BCUT2D eigenvalue weighted by atomic mass is 16.2. The number of para-hydroxylation sites is 1. The second kappa shape index (κ2) is 12.3. The van der Waals surface area contributed by atoms with Gasteiger partial charge in [0, 0.05) is 43.4 Å². The van der Waals surface area contributed by atoms with Crippen LogP contribution in [0.4, 0.5) is 0 Å². The van der Waals surface area contributed by atoms with Gasteiger partial charge in [-0.3, -0.25) is 19.2 Å². The van der Waals surface area contributed by atoms with Crippen LogP contribution in [0.2, 0.25) is 0 Å². The van der Waals surface area contributed by atoms with E-state index in [-0.39, 0.29) is 31.7 Å². The Labute approximate surface area is 203 Å². The molecular weight excluding hydrogens is 446 g/mol. The first kappa shape index (κ1) is 25.4. The number of aromatic nitrogens is 1. The van der Waals surface area contributed by atoms with Gasteiger partial charge in [-0.05, 0) is 23.6 Å². The van der Waals surface area contributed by atoms with Crippen LogP contribution in [-0.2, 0) is 32.1 Å². The number of hydrogen-bond acceptors (Lipinski definition) is 5. The number of nitrogens with one attached hydrogen (secondary N) is 5. The van der Waals surface area contributed by atoms with E-state index in [1.807, 2.05) is 54.6 Å². The lowest BCUT2D eigenvalue weighted by Crippen LogP contribution is -2.54. The molecule has 0 radical (unpaired) electrons. The summed E-state index contributed by atoms with van der Waals surface area (Å²) in [4.78, 5) is 52.8. The average Bonchev–Trinajstić information content (AvgIpc) is 3.27. The predicted molar refractivity (Wildman–Crippen MR) is 133 cm³/mol. The molecule has 0 aliphatic rings. The molecule has 2 atom stereocenters. The third kappa shape index (κ3) is 7.36. The van der Waals surface area contributed by atoms with Gasteiger partial charge in [-0.15, -0.1) is 0 Å². The van der Waals surface area contributed by atoms with Crippen molar-refractivity contribution in [1.29, 1.82) is 5.41 Å². The summed E-state index contributed by atoms with van der Waals surface area (Å²) in [5, 5.41) is 16.2. The van der Waals surface area contributed by atoms with Crippen LogP contribution in [0.1, 0.15) is 30.9 Å². The number of benzene rings is 2. The average molecular weight is 476 g/mol. The number of carbonyl (C=O) groups is 4. The minimum atomic E-state index is -1.01. The second-order valence-electron chi connectivity index (χ2n) is 8.23. The number of aromatic amines is 1. The molecule has 0 aliphatic heterocycles. The van der Waals surface area contributed by atoms with Gasteiger partial charge in [-0.1, -0.05) is 48.5 Å². The number of carbonyl (C=O) groups excluding carboxylic acids is 4. The summed E-state index contributed by atoms with van der Waals surface area (Å²) in [6.07, 6.45) is 2.66. The Morgan fingerprint density at radius 2 is 1.66 bits per heavy atom. The van der Waals surface area contributed by atoms with Gasteiger partial charge in [-0.25, -0.2) is 0 Å². The molecular formula is C26H29N5O4. The van der Waals surface area contributed by atoms with E-state index in [9.17, 15) is 19.2 Å². The minimum Gasteiger partial charge on any atom is -0.361 e. The van der Waals surface area contributed by atoms with Crippen LogP contribution in [-0.4, -0.2) is 46.8 Å². The van der Waals surface area contributed by atoms with Crippen molar-refractivity contribution in [1.82, 2.24) is 20.9 Å². The summed E-state index contributed by atoms with van der Waals surface area (Å²) < 4.78 is 0. The number of ketones is 1. The van der Waals surface area contributed by atoms with Crippen LogP contribution < -0.4 is 16.0 Å². The molecule has 3 rings (SSSR count). The molecule has 1 aromatic heterocycles. The molecule has 0 saturated carbocycles. The van der Waals surface area contributed by atoms with Gasteiger partial charge in [0.15, 0.2) is 5.78 Å². The summed E-state index contributed by atoms with van der Waals surface area (Å²) in [5.74, 6) is -1.81. The molecule has 9 heteroatoms. The Hall–Kier alpha value is -4.27. The van der Waals surface area contributed by atoms with Crippen LogP contribution in [0.15, 0.2) is 60.8 Å². The molecule has 3 amide bonds. The lowest BCUT2D eigenvalue weighted by atomic mass is 10.0. The maximum absolute atomic E-state index is 13.2. The van der Waals surface area contributed by atoms with Crippen LogP contribution in [0, 0.1) is 5.41 Å². The smallest absolute Gasteiger partial charge is 0.243 e. The zero-order chi connectivity index (χ0) is 25.2. The quantitative estimate of drug-likeness (QED) is 0.255. The van der Waals surface area contributed by atoms with Crippen LogP contribution in [0.5, 0.6) is 0 Å². The molecule has 35 heavy (non-hydrogen) atoms. The van der Waals surface area contributed by atoms with Gasteiger partial charge >= 0.3 is 0 Å². The number of hydrogen-bond donors (Lipinski definition) is 5. The van der Waals surface area contributed by atoms with Crippen molar-refractivity contribution in [3.63, 3.8) is 0 Å². The van der Waals surface area contributed by atoms with E-state index in [0.29, 0.717) is 6.21 Å². The van der Waals surface area contributed by atoms with Crippen LogP contribution in [0.25, 0.3) is 10.9 Å². The first-order valence-electron chi connectivity index (χ1n) is 11.3. The van der Waals surface area contributed by atoms with Crippen molar-refractivity contribution in [3.8, 4) is 0 Å². The first-order chi connectivity index (χ1) is 16.9. The maximum Gasteiger partial charge on any atom is 0.243 e. The number of fused-ring (bicyclic) bond motifs is 1. The standard InChI is InChI=1S/C26H29N5O4/c1-17(32)30-24(13-19-16-28-22-10-6-5-9-21(19)22)26(35)31-23(12-11-20(33)14-27)25(34)29-15-18-7-3-2-4-8-18/h2-10,14,16,23-24,27-28H,11-13,15H2,1H3,(H,29,34)(H,30,32)(H,31,35)/t23-,24-/m0/s1. The van der Waals surface area contributed by atoms with Crippen LogP contribution >= 0.6 is 0 Å². The topological polar surface area (TPSA) is 144 Å².